The van der Waals surface area contributed by atoms with E-state index in [4.69, 9.17) is 0 Å². The Bertz CT molecular complexity index is 1310. The molecule has 154 valence electrons. The Morgan fingerprint density at radius 3 is 2.58 bits per heavy atom. The van der Waals surface area contributed by atoms with Crippen molar-refractivity contribution < 1.29 is 4.79 Å². The third-order valence-corrected chi connectivity index (χ3v) is 5.49. The third kappa shape index (κ3) is 3.90. The van der Waals surface area contributed by atoms with Crippen molar-refractivity contribution in [2.75, 3.05) is 18.4 Å². The summed E-state index contributed by atoms with van der Waals surface area (Å²) in [6, 6.07) is 19.2. The topological polar surface area (TPSA) is 91.0 Å². The number of amides is 1. The van der Waals surface area contributed by atoms with Gasteiger partial charge in [-0.05, 0) is 60.4 Å². The Morgan fingerprint density at radius 2 is 1.77 bits per heavy atom. The highest BCUT2D eigenvalue weighted by atomic mass is 16.2. The summed E-state index contributed by atoms with van der Waals surface area (Å²) >= 11 is 0. The lowest BCUT2D eigenvalue weighted by molar-refractivity contribution is 0.0793. The molecule has 0 radical (unpaired) electrons. The highest BCUT2D eigenvalue weighted by molar-refractivity contribution is 5.95. The first-order valence-electron chi connectivity index (χ1n) is 10.3. The summed E-state index contributed by atoms with van der Waals surface area (Å²) in [6.07, 6.45) is 3.76. The first-order chi connectivity index (χ1) is 15.2. The van der Waals surface area contributed by atoms with E-state index in [0.29, 0.717) is 11.5 Å². The van der Waals surface area contributed by atoms with Gasteiger partial charge in [0.05, 0.1) is 5.39 Å². The minimum atomic E-state index is -0.454. The number of nitrogens with one attached hydrogen (secondary N) is 2. The van der Waals surface area contributed by atoms with Gasteiger partial charge >= 0.3 is 5.69 Å². The predicted molar refractivity (Wildman–Crippen MR) is 120 cm³/mol. The number of fused-ring (bicyclic) bond motifs is 1. The molecule has 4 aromatic rings. The van der Waals surface area contributed by atoms with Crippen molar-refractivity contribution in [3.8, 4) is 11.1 Å². The molecule has 2 N–H and O–H groups in total. The van der Waals surface area contributed by atoms with Crippen molar-refractivity contribution in [2.45, 2.75) is 12.8 Å². The zero-order valence-corrected chi connectivity index (χ0v) is 16.8. The van der Waals surface area contributed by atoms with Gasteiger partial charge in [0.25, 0.3) is 5.91 Å². The second-order valence-corrected chi connectivity index (χ2v) is 7.57. The second kappa shape index (κ2) is 8.02. The molecular weight excluding hydrogens is 390 g/mol. The number of carbonyl (C=O) groups is 1. The van der Waals surface area contributed by atoms with E-state index < -0.39 is 5.69 Å². The Labute approximate surface area is 178 Å². The second-order valence-electron chi connectivity index (χ2n) is 7.57. The fraction of sp³-hybridized carbons (Fsp3) is 0.167. The number of aromatic nitrogens is 3. The number of H-pyrrole nitrogens is 1. The van der Waals surface area contributed by atoms with E-state index in [9.17, 15) is 9.59 Å². The van der Waals surface area contributed by atoms with Crippen molar-refractivity contribution in [3.05, 3.63) is 82.9 Å². The van der Waals surface area contributed by atoms with Gasteiger partial charge < -0.3 is 10.2 Å². The molecule has 1 amide bonds. The summed E-state index contributed by atoms with van der Waals surface area (Å²) < 4.78 is 0. The molecule has 7 heteroatoms. The molecule has 0 atom stereocenters. The number of hydrogen-bond acceptors (Lipinski definition) is 5. The van der Waals surface area contributed by atoms with Gasteiger partial charge in [0, 0.05) is 30.5 Å². The Hall–Kier alpha value is -4.00. The van der Waals surface area contributed by atoms with Crippen LogP contribution in [0.2, 0.25) is 0 Å². The number of likely N-dealkylation sites (tertiary alicyclic amines) is 1. The number of anilines is 2. The molecule has 3 heterocycles. The van der Waals surface area contributed by atoms with Gasteiger partial charge in [0.1, 0.15) is 5.82 Å². The van der Waals surface area contributed by atoms with Crippen molar-refractivity contribution in [1.29, 1.82) is 0 Å². The van der Waals surface area contributed by atoms with Crippen LogP contribution in [-0.4, -0.2) is 38.8 Å². The zero-order valence-electron chi connectivity index (χ0n) is 16.8. The molecule has 0 unspecified atom stereocenters. The number of benzene rings is 2. The summed E-state index contributed by atoms with van der Waals surface area (Å²) in [6.45, 7) is 1.68. The van der Waals surface area contributed by atoms with Crippen LogP contribution in [0.25, 0.3) is 22.2 Å². The van der Waals surface area contributed by atoms with E-state index in [2.05, 4.69) is 20.3 Å². The summed E-state index contributed by atoms with van der Waals surface area (Å²) in [5.41, 5.74) is 3.48. The predicted octanol–water partition coefficient (Wildman–Crippen LogP) is 3.96. The molecule has 0 bridgehead atoms. The van der Waals surface area contributed by atoms with Gasteiger partial charge in [-0.25, -0.2) is 9.78 Å². The van der Waals surface area contributed by atoms with Crippen LogP contribution in [0.1, 0.15) is 23.2 Å². The molecule has 1 aliphatic rings. The fourth-order valence-corrected chi connectivity index (χ4v) is 3.90. The smallest absolute Gasteiger partial charge is 0.341 e. The lowest BCUT2D eigenvalue weighted by Gasteiger charge is -2.16. The van der Waals surface area contributed by atoms with Gasteiger partial charge in [-0.1, -0.05) is 24.3 Å². The zero-order chi connectivity index (χ0) is 21.2. The number of hydrogen-bond donors (Lipinski definition) is 2. The van der Waals surface area contributed by atoms with Crippen molar-refractivity contribution in [2.24, 2.45) is 0 Å². The van der Waals surface area contributed by atoms with Gasteiger partial charge in [0.15, 0.2) is 5.65 Å². The summed E-state index contributed by atoms with van der Waals surface area (Å²) in [4.78, 5) is 37.2. The highest BCUT2D eigenvalue weighted by Crippen LogP contribution is 2.26. The fourth-order valence-electron chi connectivity index (χ4n) is 3.90. The van der Waals surface area contributed by atoms with E-state index in [-0.39, 0.29) is 5.91 Å². The van der Waals surface area contributed by atoms with Gasteiger partial charge in [-0.15, -0.1) is 0 Å². The number of pyridine rings is 1. The average Bonchev–Trinajstić information content (AvgIpc) is 3.34. The monoisotopic (exact) mass is 411 g/mol. The molecule has 0 aliphatic carbocycles. The van der Waals surface area contributed by atoms with Crippen LogP contribution < -0.4 is 11.0 Å². The van der Waals surface area contributed by atoms with Crippen molar-refractivity contribution in [1.82, 2.24) is 19.9 Å². The van der Waals surface area contributed by atoms with Gasteiger partial charge in [-0.2, -0.15) is 4.98 Å². The van der Waals surface area contributed by atoms with Crippen molar-refractivity contribution >= 4 is 28.4 Å². The lowest BCUT2D eigenvalue weighted by atomic mass is 10.0. The minimum Gasteiger partial charge on any atom is -0.341 e. The third-order valence-electron chi connectivity index (χ3n) is 5.49. The minimum absolute atomic E-state index is 0.0970. The van der Waals surface area contributed by atoms with Gasteiger partial charge in [-0.3, -0.25) is 9.78 Å². The van der Waals surface area contributed by atoms with Crippen LogP contribution in [0.4, 0.5) is 11.5 Å². The number of carbonyl (C=O) groups excluding carboxylic acids is 1. The van der Waals surface area contributed by atoms with E-state index in [1.54, 1.807) is 12.3 Å². The number of aromatic amines is 1. The van der Waals surface area contributed by atoms with Crippen LogP contribution in [0, 0.1) is 0 Å². The van der Waals surface area contributed by atoms with Crippen LogP contribution in [-0.2, 0) is 0 Å². The Kier molecular flexibility index (Phi) is 4.92. The molecule has 31 heavy (non-hydrogen) atoms. The molecule has 1 saturated heterocycles. The van der Waals surface area contributed by atoms with Crippen LogP contribution >= 0.6 is 0 Å². The van der Waals surface area contributed by atoms with Crippen LogP contribution in [0.3, 0.4) is 0 Å². The quantitative estimate of drug-likeness (QED) is 0.530. The first-order valence-corrected chi connectivity index (χ1v) is 10.3. The summed E-state index contributed by atoms with van der Waals surface area (Å²) in [5.74, 6) is 0.647. The molecule has 0 spiro atoms. The molecule has 2 aromatic carbocycles. The lowest BCUT2D eigenvalue weighted by Crippen LogP contribution is -2.27. The maximum atomic E-state index is 12.7. The molecule has 7 nitrogen and oxygen atoms in total. The maximum absolute atomic E-state index is 12.7. The molecule has 2 aromatic heterocycles. The molecule has 5 rings (SSSR count). The Balaban J connectivity index is 1.39. The van der Waals surface area contributed by atoms with Crippen LogP contribution in [0.5, 0.6) is 0 Å². The van der Waals surface area contributed by atoms with E-state index in [1.165, 1.54) is 0 Å². The summed E-state index contributed by atoms with van der Waals surface area (Å²) in [5, 5.41) is 3.97. The molecule has 0 saturated carbocycles. The molecule has 1 aliphatic heterocycles. The Morgan fingerprint density at radius 1 is 0.968 bits per heavy atom. The summed E-state index contributed by atoms with van der Waals surface area (Å²) in [7, 11) is 0. The van der Waals surface area contributed by atoms with E-state index >= 15 is 0 Å². The number of nitrogens with zero attached hydrogens (tertiary/aromatic N) is 3. The molecule has 1 fully saturated rings. The largest absolute Gasteiger partial charge is 0.348 e. The SMILES string of the molecule is O=C(c1cccc(-c2ccc(Nc3[nH]c(=O)nc4ncccc34)cc2)c1)N1CCCC1. The first kappa shape index (κ1) is 19.0. The van der Waals surface area contributed by atoms with E-state index in [0.717, 1.165) is 53.7 Å². The highest BCUT2D eigenvalue weighted by Gasteiger charge is 2.19. The maximum Gasteiger partial charge on any atom is 0.348 e. The number of rotatable bonds is 4. The van der Waals surface area contributed by atoms with Crippen molar-refractivity contribution in [3.63, 3.8) is 0 Å². The standard InChI is InChI=1S/C24H21N5O2/c30-23(29-13-1-2-14-29)18-6-3-5-17(15-18)16-8-10-19(11-9-16)26-22-20-7-4-12-25-21(20)27-24(31)28-22/h3-12,15H,1-2,13-14H2,(H2,25,26,27,28,31). The van der Waals surface area contributed by atoms with Gasteiger partial charge in [0.2, 0.25) is 0 Å². The normalized spacial score (nSPS) is 13.5. The van der Waals surface area contributed by atoms with E-state index in [1.807, 2.05) is 59.5 Å². The molecular formula is C24H21N5O2. The average molecular weight is 411 g/mol. The van der Waals surface area contributed by atoms with Crippen LogP contribution in [0.15, 0.2) is 71.7 Å².